The summed E-state index contributed by atoms with van der Waals surface area (Å²) in [4.78, 5) is 27.1. The van der Waals surface area contributed by atoms with Crippen LogP contribution in [0.25, 0.3) is 22.9 Å². The Kier molecular flexibility index (Phi) is 2.86. The van der Waals surface area contributed by atoms with E-state index >= 15 is 0 Å². The Labute approximate surface area is 114 Å². The molecule has 3 rings (SSSR count). The first-order valence-electron chi connectivity index (χ1n) is 6.01. The molecule has 0 atom stereocenters. The van der Waals surface area contributed by atoms with Crippen molar-refractivity contribution in [1.82, 2.24) is 29.7 Å². The number of hydrogen-bond acceptors (Lipinski definition) is 5. The van der Waals surface area contributed by atoms with Crippen LogP contribution in [0.4, 0.5) is 0 Å². The van der Waals surface area contributed by atoms with Crippen LogP contribution in [0, 0.1) is 6.92 Å². The molecule has 0 aliphatic rings. The molecular weight excluding hydrogens is 256 g/mol. The molecule has 0 amide bonds. The van der Waals surface area contributed by atoms with Gasteiger partial charge in [-0.2, -0.15) is 5.10 Å². The maximum Gasteiger partial charge on any atom is 0.251 e. The molecule has 7 heteroatoms. The number of nitrogens with zero attached hydrogens (tertiary/aromatic N) is 5. The molecule has 0 unspecified atom stereocenters. The van der Waals surface area contributed by atoms with Crippen LogP contribution in [0.1, 0.15) is 5.56 Å². The van der Waals surface area contributed by atoms with Gasteiger partial charge in [0.05, 0.1) is 11.9 Å². The van der Waals surface area contributed by atoms with E-state index < -0.39 is 0 Å². The lowest BCUT2D eigenvalue weighted by Crippen LogP contribution is -2.09. The Balaban J connectivity index is 2.11. The molecule has 7 nitrogen and oxygen atoms in total. The first-order valence-corrected chi connectivity index (χ1v) is 6.01. The van der Waals surface area contributed by atoms with Crippen molar-refractivity contribution in [3.63, 3.8) is 0 Å². The zero-order valence-electron chi connectivity index (χ0n) is 11.0. The summed E-state index contributed by atoms with van der Waals surface area (Å²) in [5, 5.41) is 4.07. The number of aryl methyl sites for hydroxylation is 2. The van der Waals surface area contributed by atoms with Gasteiger partial charge in [0.1, 0.15) is 0 Å². The molecule has 0 saturated heterocycles. The molecule has 0 saturated carbocycles. The lowest BCUT2D eigenvalue weighted by molar-refractivity contribution is 0.768. The topological polar surface area (TPSA) is 89.4 Å². The molecule has 0 bridgehead atoms. The van der Waals surface area contributed by atoms with E-state index in [2.05, 4.69) is 25.0 Å². The Hall–Kier alpha value is -2.83. The van der Waals surface area contributed by atoms with E-state index in [9.17, 15) is 4.79 Å². The molecule has 100 valence electrons. The Morgan fingerprint density at radius 1 is 1.20 bits per heavy atom. The van der Waals surface area contributed by atoms with Gasteiger partial charge in [0, 0.05) is 37.3 Å². The highest BCUT2D eigenvalue weighted by molar-refractivity contribution is 5.59. The summed E-state index contributed by atoms with van der Waals surface area (Å²) in [6, 6.07) is 1.43. The lowest BCUT2D eigenvalue weighted by atomic mass is 10.2. The third-order valence-electron chi connectivity index (χ3n) is 2.74. The number of hydrogen-bond donors (Lipinski definition) is 1. The number of aromatic nitrogens is 6. The largest absolute Gasteiger partial charge is 0.304 e. The van der Waals surface area contributed by atoms with E-state index in [4.69, 9.17) is 0 Å². The van der Waals surface area contributed by atoms with E-state index in [1.165, 1.54) is 6.07 Å². The van der Waals surface area contributed by atoms with Crippen LogP contribution in [0.15, 0.2) is 35.6 Å². The van der Waals surface area contributed by atoms with E-state index in [1.807, 2.05) is 6.92 Å². The predicted octanol–water partition coefficient (Wildman–Crippen LogP) is 0.936. The molecule has 0 fully saturated rings. The third-order valence-corrected chi connectivity index (χ3v) is 2.74. The average molecular weight is 268 g/mol. The first kappa shape index (κ1) is 12.2. The number of H-pyrrole nitrogens is 1. The summed E-state index contributed by atoms with van der Waals surface area (Å²) in [5.41, 5.74) is 2.01. The SMILES string of the molecule is Cc1cnc(-c2nc(-c3cnn(C)c3)cc(=O)[nH]2)nc1. The van der Waals surface area contributed by atoms with Crippen molar-refractivity contribution in [3.05, 3.63) is 46.8 Å². The zero-order valence-corrected chi connectivity index (χ0v) is 11.0. The van der Waals surface area contributed by atoms with Crippen molar-refractivity contribution in [2.45, 2.75) is 6.92 Å². The maximum atomic E-state index is 11.8. The minimum Gasteiger partial charge on any atom is -0.304 e. The highest BCUT2D eigenvalue weighted by Crippen LogP contribution is 2.16. The summed E-state index contributed by atoms with van der Waals surface area (Å²) in [5.74, 6) is 0.731. The molecular formula is C13H12N6O. The number of rotatable bonds is 2. The normalized spacial score (nSPS) is 10.7. The highest BCUT2D eigenvalue weighted by Gasteiger charge is 2.09. The minimum absolute atomic E-state index is 0.252. The van der Waals surface area contributed by atoms with E-state index in [-0.39, 0.29) is 5.56 Å². The second-order valence-electron chi connectivity index (χ2n) is 4.47. The molecule has 0 spiro atoms. The second-order valence-corrected chi connectivity index (χ2v) is 4.47. The van der Waals surface area contributed by atoms with Crippen LogP contribution in [0.3, 0.4) is 0 Å². The van der Waals surface area contributed by atoms with Crippen LogP contribution in [-0.2, 0) is 7.05 Å². The standard InChI is InChI=1S/C13H12N6O/c1-8-4-14-12(15-5-8)13-17-10(3-11(20)18-13)9-6-16-19(2)7-9/h3-7H,1-2H3,(H,17,18,20). The summed E-state index contributed by atoms with van der Waals surface area (Å²) in [6.07, 6.45) is 6.81. The summed E-state index contributed by atoms with van der Waals surface area (Å²) in [6.45, 7) is 1.89. The fourth-order valence-electron chi connectivity index (χ4n) is 1.78. The van der Waals surface area contributed by atoms with Crippen molar-refractivity contribution in [3.8, 4) is 22.9 Å². The number of aromatic amines is 1. The van der Waals surface area contributed by atoms with Gasteiger partial charge in [0.2, 0.25) is 0 Å². The summed E-state index contributed by atoms with van der Waals surface area (Å²) < 4.78 is 1.65. The molecule has 1 N–H and O–H groups in total. The number of nitrogens with one attached hydrogen (secondary N) is 1. The Morgan fingerprint density at radius 2 is 1.95 bits per heavy atom. The molecule has 3 aromatic rings. The molecule has 0 aliphatic heterocycles. The molecule has 0 aliphatic carbocycles. The van der Waals surface area contributed by atoms with Crippen LogP contribution in [0.5, 0.6) is 0 Å². The summed E-state index contributed by atoms with van der Waals surface area (Å²) in [7, 11) is 1.81. The average Bonchev–Trinajstić information content (AvgIpc) is 2.85. The van der Waals surface area contributed by atoms with Gasteiger partial charge in [-0.3, -0.25) is 9.48 Å². The zero-order chi connectivity index (χ0) is 14.1. The van der Waals surface area contributed by atoms with Crippen molar-refractivity contribution < 1.29 is 0 Å². The molecule has 0 radical (unpaired) electrons. The fourth-order valence-corrected chi connectivity index (χ4v) is 1.78. The van der Waals surface area contributed by atoms with Gasteiger partial charge in [-0.1, -0.05) is 0 Å². The first-order chi connectivity index (χ1) is 9.61. The van der Waals surface area contributed by atoms with Crippen LogP contribution in [0.2, 0.25) is 0 Å². The van der Waals surface area contributed by atoms with Gasteiger partial charge < -0.3 is 4.98 Å². The van der Waals surface area contributed by atoms with Gasteiger partial charge in [0.15, 0.2) is 11.6 Å². The van der Waals surface area contributed by atoms with Gasteiger partial charge >= 0.3 is 0 Å². The third kappa shape index (κ3) is 2.33. The van der Waals surface area contributed by atoms with Crippen LogP contribution in [-0.4, -0.2) is 29.7 Å². The molecule has 3 heterocycles. The van der Waals surface area contributed by atoms with Gasteiger partial charge in [0.25, 0.3) is 5.56 Å². The quantitative estimate of drug-likeness (QED) is 0.747. The van der Waals surface area contributed by atoms with Gasteiger partial charge in [-0.15, -0.1) is 0 Å². The van der Waals surface area contributed by atoms with Gasteiger partial charge in [-0.05, 0) is 12.5 Å². The van der Waals surface area contributed by atoms with Crippen LogP contribution < -0.4 is 5.56 Å². The smallest absolute Gasteiger partial charge is 0.251 e. The predicted molar refractivity (Wildman–Crippen MR) is 72.8 cm³/mol. The highest BCUT2D eigenvalue weighted by atomic mass is 16.1. The van der Waals surface area contributed by atoms with Gasteiger partial charge in [-0.25, -0.2) is 15.0 Å². The maximum absolute atomic E-state index is 11.8. The fraction of sp³-hybridized carbons (Fsp3) is 0.154. The van der Waals surface area contributed by atoms with E-state index in [0.717, 1.165) is 11.1 Å². The molecule has 20 heavy (non-hydrogen) atoms. The summed E-state index contributed by atoms with van der Waals surface area (Å²) >= 11 is 0. The van der Waals surface area contributed by atoms with E-state index in [0.29, 0.717) is 17.3 Å². The molecule has 3 aromatic heterocycles. The lowest BCUT2D eigenvalue weighted by Gasteiger charge is -2.02. The molecule has 0 aromatic carbocycles. The Morgan fingerprint density at radius 3 is 2.60 bits per heavy atom. The van der Waals surface area contributed by atoms with E-state index in [1.54, 1.807) is 36.5 Å². The van der Waals surface area contributed by atoms with Crippen molar-refractivity contribution in [2.75, 3.05) is 0 Å². The Bertz CT molecular complexity index is 802. The minimum atomic E-state index is -0.252. The van der Waals surface area contributed by atoms with Crippen LogP contribution >= 0.6 is 0 Å². The van der Waals surface area contributed by atoms with Crippen molar-refractivity contribution >= 4 is 0 Å². The van der Waals surface area contributed by atoms with Crippen molar-refractivity contribution in [2.24, 2.45) is 7.05 Å². The monoisotopic (exact) mass is 268 g/mol. The second kappa shape index (κ2) is 4.69. The van der Waals surface area contributed by atoms with Crippen molar-refractivity contribution in [1.29, 1.82) is 0 Å².